The molecule has 1 heterocycles. The van der Waals surface area contributed by atoms with Gasteiger partial charge in [-0.2, -0.15) is 13.2 Å². The van der Waals surface area contributed by atoms with E-state index in [1.54, 1.807) is 0 Å². The van der Waals surface area contributed by atoms with Gasteiger partial charge in [-0.15, -0.1) is 0 Å². The van der Waals surface area contributed by atoms with Crippen molar-refractivity contribution in [3.8, 4) is 16.9 Å². The number of halogens is 4. The second-order valence-corrected chi connectivity index (χ2v) is 4.27. The fraction of sp³-hybridized carbons (Fsp3) is 0.143. The molecular formula is C14H9F4NO3. The molecule has 0 saturated heterocycles. The van der Waals surface area contributed by atoms with Crippen molar-refractivity contribution in [3.05, 3.63) is 47.5 Å². The number of pyridine rings is 1. The van der Waals surface area contributed by atoms with E-state index in [4.69, 9.17) is 9.84 Å². The fourth-order valence-corrected chi connectivity index (χ4v) is 1.83. The van der Waals surface area contributed by atoms with E-state index >= 15 is 0 Å². The third-order valence-electron chi connectivity index (χ3n) is 2.89. The monoisotopic (exact) mass is 315 g/mol. The largest absolute Gasteiger partial charge is 0.496 e. The van der Waals surface area contributed by atoms with E-state index in [0.29, 0.717) is 18.2 Å². The molecule has 0 fully saturated rings. The predicted octanol–water partition coefficient (Wildman–Crippen LogP) is 3.61. The maximum atomic E-state index is 13.9. The van der Waals surface area contributed by atoms with Gasteiger partial charge in [-0.05, 0) is 18.2 Å². The van der Waals surface area contributed by atoms with Crippen molar-refractivity contribution in [2.75, 3.05) is 7.11 Å². The molecule has 0 atom stereocenters. The average Bonchev–Trinajstić information content (AvgIpc) is 2.45. The van der Waals surface area contributed by atoms with Gasteiger partial charge < -0.3 is 9.84 Å². The Morgan fingerprint density at radius 1 is 1.23 bits per heavy atom. The van der Waals surface area contributed by atoms with Gasteiger partial charge in [0.25, 0.3) is 0 Å². The normalized spacial score (nSPS) is 11.3. The standard InChI is InChI=1S/C14H9F4NO3/c1-22-12-5-11(13(20)21)19-6-9(12)8-4-7(14(16,17)18)2-3-10(8)15/h2-6H,1H3,(H,20,21). The second kappa shape index (κ2) is 5.63. The van der Waals surface area contributed by atoms with E-state index in [2.05, 4.69) is 4.98 Å². The molecule has 1 aromatic heterocycles. The number of hydrogen-bond donors (Lipinski definition) is 1. The quantitative estimate of drug-likeness (QED) is 0.879. The summed E-state index contributed by atoms with van der Waals surface area (Å²) in [6, 6.07) is 2.93. The third kappa shape index (κ3) is 3.00. The number of rotatable bonds is 3. The third-order valence-corrected chi connectivity index (χ3v) is 2.89. The molecule has 0 saturated carbocycles. The summed E-state index contributed by atoms with van der Waals surface area (Å²) in [6.45, 7) is 0. The van der Waals surface area contributed by atoms with Crippen LogP contribution in [0, 0.1) is 5.82 Å². The highest BCUT2D eigenvalue weighted by atomic mass is 19.4. The van der Waals surface area contributed by atoms with Crippen LogP contribution in [-0.4, -0.2) is 23.2 Å². The van der Waals surface area contributed by atoms with Gasteiger partial charge in [0.1, 0.15) is 11.6 Å². The Kier molecular flexibility index (Phi) is 4.03. The summed E-state index contributed by atoms with van der Waals surface area (Å²) in [5.41, 5.74) is -1.85. The topological polar surface area (TPSA) is 59.4 Å². The number of carbonyl (C=O) groups is 1. The number of hydrogen-bond acceptors (Lipinski definition) is 3. The molecule has 0 radical (unpaired) electrons. The number of benzene rings is 1. The van der Waals surface area contributed by atoms with Gasteiger partial charge in [0.15, 0.2) is 5.69 Å². The highest BCUT2D eigenvalue weighted by Gasteiger charge is 2.31. The van der Waals surface area contributed by atoms with Crippen LogP contribution in [0.4, 0.5) is 17.6 Å². The number of ether oxygens (including phenoxy) is 1. The van der Waals surface area contributed by atoms with Crippen LogP contribution < -0.4 is 4.74 Å². The van der Waals surface area contributed by atoms with Crippen molar-refractivity contribution >= 4 is 5.97 Å². The Morgan fingerprint density at radius 2 is 1.91 bits per heavy atom. The van der Waals surface area contributed by atoms with Gasteiger partial charge in [0, 0.05) is 23.4 Å². The molecule has 2 rings (SSSR count). The lowest BCUT2D eigenvalue weighted by atomic mass is 10.0. The number of nitrogens with zero attached hydrogens (tertiary/aromatic N) is 1. The van der Waals surface area contributed by atoms with Crippen LogP contribution in [0.5, 0.6) is 5.75 Å². The molecule has 0 amide bonds. The summed E-state index contributed by atoms with van der Waals surface area (Å²) in [5.74, 6) is -2.34. The molecule has 1 aromatic carbocycles. The average molecular weight is 315 g/mol. The minimum atomic E-state index is -4.63. The SMILES string of the molecule is COc1cc(C(=O)O)ncc1-c1cc(C(F)(F)F)ccc1F. The number of carboxylic acids is 1. The van der Waals surface area contributed by atoms with Gasteiger partial charge >= 0.3 is 12.1 Å². The zero-order chi connectivity index (χ0) is 16.5. The summed E-state index contributed by atoms with van der Waals surface area (Å²) < 4.78 is 56.9. The smallest absolute Gasteiger partial charge is 0.416 e. The summed E-state index contributed by atoms with van der Waals surface area (Å²) >= 11 is 0. The predicted molar refractivity (Wildman–Crippen MR) is 68.1 cm³/mol. The number of aromatic nitrogens is 1. The Balaban J connectivity index is 2.63. The first kappa shape index (κ1) is 15.7. The number of methoxy groups -OCH3 is 1. The first-order chi connectivity index (χ1) is 10.2. The molecular weight excluding hydrogens is 306 g/mol. The molecule has 22 heavy (non-hydrogen) atoms. The number of carboxylic acid groups (broad SMARTS) is 1. The van der Waals surface area contributed by atoms with Crippen LogP contribution in [0.25, 0.3) is 11.1 Å². The zero-order valence-electron chi connectivity index (χ0n) is 11.1. The fourth-order valence-electron chi connectivity index (χ4n) is 1.83. The van der Waals surface area contributed by atoms with E-state index in [9.17, 15) is 22.4 Å². The van der Waals surface area contributed by atoms with Gasteiger partial charge in [0.2, 0.25) is 0 Å². The van der Waals surface area contributed by atoms with Crippen molar-refractivity contribution in [2.45, 2.75) is 6.18 Å². The number of aromatic carboxylic acids is 1. The first-order valence-electron chi connectivity index (χ1n) is 5.88. The minimum absolute atomic E-state index is 0.0731. The van der Waals surface area contributed by atoms with E-state index in [0.717, 1.165) is 12.3 Å². The van der Waals surface area contributed by atoms with Crippen LogP contribution in [0.3, 0.4) is 0 Å². The molecule has 2 aromatic rings. The summed E-state index contributed by atoms with van der Waals surface area (Å²) in [6.07, 6.45) is -3.68. The lowest BCUT2D eigenvalue weighted by Crippen LogP contribution is -2.06. The van der Waals surface area contributed by atoms with Gasteiger partial charge in [0.05, 0.1) is 12.7 Å². The zero-order valence-corrected chi connectivity index (χ0v) is 11.1. The maximum Gasteiger partial charge on any atom is 0.416 e. The van der Waals surface area contributed by atoms with Crippen molar-refractivity contribution in [2.24, 2.45) is 0 Å². The molecule has 0 aliphatic rings. The highest BCUT2D eigenvalue weighted by molar-refractivity contribution is 5.87. The second-order valence-electron chi connectivity index (χ2n) is 4.27. The van der Waals surface area contributed by atoms with E-state index in [1.165, 1.54) is 7.11 Å². The van der Waals surface area contributed by atoms with E-state index in [-0.39, 0.29) is 22.6 Å². The van der Waals surface area contributed by atoms with Crippen LogP contribution in [0.1, 0.15) is 16.1 Å². The highest BCUT2D eigenvalue weighted by Crippen LogP contribution is 2.36. The van der Waals surface area contributed by atoms with Crippen LogP contribution in [0.15, 0.2) is 30.5 Å². The maximum absolute atomic E-state index is 13.9. The molecule has 116 valence electrons. The van der Waals surface area contributed by atoms with Crippen molar-refractivity contribution in [1.29, 1.82) is 0 Å². The van der Waals surface area contributed by atoms with E-state index < -0.39 is 23.5 Å². The summed E-state index contributed by atoms with van der Waals surface area (Å²) in [5, 5.41) is 8.83. The number of alkyl halides is 3. The van der Waals surface area contributed by atoms with Gasteiger partial charge in [-0.3, -0.25) is 0 Å². The Morgan fingerprint density at radius 3 is 2.45 bits per heavy atom. The van der Waals surface area contributed by atoms with E-state index in [1.807, 2.05) is 0 Å². The molecule has 8 heteroatoms. The molecule has 4 nitrogen and oxygen atoms in total. The van der Waals surface area contributed by atoms with Crippen LogP contribution in [0.2, 0.25) is 0 Å². The lowest BCUT2D eigenvalue weighted by molar-refractivity contribution is -0.137. The van der Waals surface area contributed by atoms with Gasteiger partial charge in [-0.1, -0.05) is 0 Å². The lowest BCUT2D eigenvalue weighted by Gasteiger charge is -2.12. The van der Waals surface area contributed by atoms with Crippen LogP contribution >= 0.6 is 0 Å². The van der Waals surface area contributed by atoms with Crippen molar-refractivity contribution in [3.63, 3.8) is 0 Å². The van der Waals surface area contributed by atoms with Gasteiger partial charge in [-0.25, -0.2) is 14.2 Å². The molecule has 0 aliphatic heterocycles. The summed E-state index contributed by atoms with van der Waals surface area (Å²) in [7, 11) is 1.19. The molecule has 0 aliphatic carbocycles. The first-order valence-corrected chi connectivity index (χ1v) is 5.88. The van der Waals surface area contributed by atoms with Crippen molar-refractivity contribution in [1.82, 2.24) is 4.98 Å². The minimum Gasteiger partial charge on any atom is -0.496 e. The molecule has 0 unspecified atom stereocenters. The summed E-state index contributed by atoms with van der Waals surface area (Å²) in [4.78, 5) is 14.4. The Bertz CT molecular complexity index is 729. The van der Waals surface area contributed by atoms with Crippen molar-refractivity contribution < 1.29 is 32.2 Å². The Labute approximate surface area is 122 Å². The molecule has 1 N–H and O–H groups in total. The molecule has 0 spiro atoms. The molecule has 0 bridgehead atoms. The Hall–Kier alpha value is -2.64. The van der Waals surface area contributed by atoms with Crippen LogP contribution in [-0.2, 0) is 6.18 Å².